The summed E-state index contributed by atoms with van der Waals surface area (Å²) < 4.78 is 0. The number of aliphatic hydroxyl groups excluding tert-OH is 2. The second-order valence-corrected chi connectivity index (χ2v) is 2.77. The number of nitrogens with two attached hydrogens (primary N) is 1. The molecule has 0 spiro atoms. The first-order valence-corrected chi connectivity index (χ1v) is 3.42. The zero-order valence-corrected chi connectivity index (χ0v) is 7.02. The van der Waals surface area contributed by atoms with E-state index in [0.717, 1.165) is 4.90 Å². The van der Waals surface area contributed by atoms with Crippen molar-refractivity contribution in [1.82, 2.24) is 4.90 Å². The Morgan fingerprint density at radius 1 is 1.27 bits per heavy atom. The first kappa shape index (κ1) is 10.8. The number of rotatable bonds is 3. The molecule has 68 valence electrons. The van der Waals surface area contributed by atoms with Crippen LogP contribution in [0.25, 0.3) is 0 Å². The monoisotopic (exact) mass is 164 g/mol. The average molecular weight is 164 g/mol. The lowest BCUT2D eigenvalue weighted by atomic mass is 10.3. The van der Waals surface area contributed by atoms with Gasteiger partial charge in [0.2, 0.25) is 0 Å². The fourth-order valence-corrected chi connectivity index (χ4v) is 1.07. The zero-order chi connectivity index (χ0) is 9.23. The first-order valence-electron chi connectivity index (χ1n) is 3.42. The minimum atomic E-state index is -1.71. The predicted octanol–water partition coefficient (Wildman–Crippen LogP) is -1.41. The molecule has 0 bridgehead atoms. The number of aliphatic hydroxyl groups is 3. The molecule has 11 heavy (non-hydrogen) atoms. The lowest BCUT2D eigenvalue weighted by Gasteiger charge is -2.37. The summed E-state index contributed by atoms with van der Waals surface area (Å²) in [6.07, 6.45) is -1.98. The molecule has 0 saturated heterocycles. The van der Waals surface area contributed by atoms with Crippen molar-refractivity contribution >= 4 is 0 Å². The molecule has 5 N–H and O–H groups in total. The van der Waals surface area contributed by atoms with Crippen molar-refractivity contribution in [2.24, 2.45) is 5.73 Å². The van der Waals surface area contributed by atoms with Gasteiger partial charge >= 0.3 is 0 Å². The van der Waals surface area contributed by atoms with Crippen LogP contribution in [-0.2, 0) is 0 Å². The highest BCUT2D eigenvalue weighted by Crippen LogP contribution is 2.10. The molecule has 0 aromatic carbocycles. The van der Waals surface area contributed by atoms with Crippen molar-refractivity contribution in [3.05, 3.63) is 0 Å². The van der Waals surface area contributed by atoms with Gasteiger partial charge in [0.15, 0.2) is 5.85 Å². The Morgan fingerprint density at radius 3 is 1.55 bits per heavy atom. The molecule has 0 aliphatic rings. The molecule has 3 atom stereocenters. The number of hydrogen-bond acceptors (Lipinski definition) is 5. The second-order valence-electron chi connectivity index (χ2n) is 2.77. The van der Waals surface area contributed by atoms with E-state index in [-0.39, 0.29) is 0 Å². The molecule has 0 rings (SSSR count). The molecule has 0 aromatic heterocycles. The summed E-state index contributed by atoms with van der Waals surface area (Å²) in [6.45, 7) is 4.11. The normalized spacial score (nSPS) is 22.9. The van der Waals surface area contributed by atoms with E-state index in [1.54, 1.807) is 0 Å². The van der Waals surface area contributed by atoms with E-state index in [1.807, 2.05) is 0 Å². The Labute approximate surface area is 66.0 Å². The topological polar surface area (TPSA) is 90.0 Å². The Kier molecular flexibility index (Phi) is 3.40. The van der Waals surface area contributed by atoms with Gasteiger partial charge in [0, 0.05) is 0 Å². The highest BCUT2D eigenvalue weighted by atomic mass is 16.4. The summed E-state index contributed by atoms with van der Waals surface area (Å²) in [4.78, 5) is 0.965. The molecule has 0 aliphatic heterocycles. The van der Waals surface area contributed by atoms with Crippen molar-refractivity contribution < 1.29 is 15.3 Å². The minimum absolute atomic E-state index is 0.965. The minimum Gasteiger partial charge on any atom is -0.378 e. The maximum absolute atomic E-state index is 9.20. The summed E-state index contributed by atoms with van der Waals surface area (Å²) in [7, 11) is 0. The number of hydrogen-bond donors (Lipinski definition) is 4. The smallest absolute Gasteiger partial charge is 0.172 e. The van der Waals surface area contributed by atoms with Gasteiger partial charge in [-0.05, 0) is 20.8 Å². The van der Waals surface area contributed by atoms with Gasteiger partial charge in [-0.25, -0.2) is 4.90 Å². The van der Waals surface area contributed by atoms with Crippen LogP contribution in [0, 0.1) is 0 Å². The highest BCUT2D eigenvalue weighted by Gasteiger charge is 2.31. The van der Waals surface area contributed by atoms with E-state index >= 15 is 0 Å². The van der Waals surface area contributed by atoms with Crippen molar-refractivity contribution in [2.75, 3.05) is 0 Å². The molecule has 5 nitrogen and oxygen atoms in total. The van der Waals surface area contributed by atoms with Gasteiger partial charge in [-0.3, -0.25) is 5.73 Å². The van der Waals surface area contributed by atoms with Crippen LogP contribution >= 0.6 is 0 Å². The van der Waals surface area contributed by atoms with Crippen LogP contribution in [0.4, 0.5) is 0 Å². The molecule has 0 aromatic rings. The fraction of sp³-hybridized carbons (Fsp3) is 1.00. The van der Waals surface area contributed by atoms with E-state index in [4.69, 9.17) is 15.9 Å². The quantitative estimate of drug-likeness (QED) is 0.385. The van der Waals surface area contributed by atoms with Gasteiger partial charge in [0.05, 0.1) is 0 Å². The molecule has 3 unspecified atom stereocenters. The molecule has 0 fully saturated rings. The molecule has 0 radical (unpaired) electrons. The van der Waals surface area contributed by atoms with Crippen molar-refractivity contribution in [1.29, 1.82) is 0 Å². The molecule has 0 aliphatic carbocycles. The summed E-state index contributed by atoms with van der Waals surface area (Å²) >= 11 is 0. The van der Waals surface area contributed by atoms with Gasteiger partial charge in [0.25, 0.3) is 0 Å². The van der Waals surface area contributed by atoms with E-state index in [2.05, 4.69) is 0 Å². The first-order chi connectivity index (χ1) is 4.76. The van der Waals surface area contributed by atoms with Gasteiger partial charge in [-0.1, -0.05) is 0 Å². The Balaban J connectivity index is 4.35. The maximum atomic E-state index is 9.20. The summed E-state index contributed by atoms with van der Waals surface area (Å²) in [6, 6.07) is 0. The molecule has 5 heteroatoms. The third-order valence-corrected chi connectivity index (χ3v) is 1.33. The molecular formula is C6H16N2O3. The summed E-state index contributed by atoms with van der Waals surface area (Å²) in [5, 5.41) is 27.3. The van der Waals surface area contributed by atoms with E-state index in [1.165, 1.54) is 20.8 Å². The van der Waals surface area contributed by atoms with Crippen LogP contribution in [0.3, 0.4) is 0 Å². The van der Waals surface area contributed by atoms with Gasteiger partial charge < -0.3 is 15.3 Å². The third kappa shape index (κ3) is 3.13. The van der Waals surface area contributed by atoms with Crippen LogP contribution < -0.4 is 5.73 Å². The Morgan fingerprint density at radius 2 is 1.55 bits per heavy atom. The summed E-state index contributed by atoms with van der Waals surface area (Å²) in [5.74, 6) is -1.71. The predicted molar refractivity (Wildman–Crippen MR) is 40.0 cm³/mol. The Bertz CT molecular complexity index is 111. The van der Waals surface area contributed by atoms with Gasteiger partial charge in [-0.2, -0.15) is 0 Å². The SMILES string of the molecule is CC(O)N(C(C)O)C(C)(N)O. The lowest BCUT2D eigenvalue weighted by Crippen LogP contribution is -2.60. The molecule has 0 heterocycles. The van der Waals surface area contributed by atoms with Crippen LogP contribution in [0.15, 0.2) is 0 Å². The standard InChI is InChI=1S/C6H16N2O3/c1-4(9)8(5(2)10)6(3,7)11/h4-5,9-11H,7H2,1-3H3. The van der Waals surface area contributed by atoms with E-state index in [0.29, 0.717) is 0 Å². The summed E-state index contributed by atoms with van der Waals surface area (Å²) in [5.41, 5.74) is 5.24. The van der Waals surface area contributed by atoms with Gasteiger partial charge in [-0.15, -0.1) is 0 Å². The van der Waals surface area contributed by atoms with E-state index < -0.39 is 18.3 Å². The maximum Gasteiger partial charge on any atom is 0.172 e. The van der Waals surface area contributed by atoms with Crippen LogP contribution in [-0.4, -0.2) is 38.5 Å². The van der Waals surface area contributed by atoms with Crippen molar-refractivity contribution in [3.8, 4) is 0 Å². The largest absolute Gasteiger partial charge is 0.378 e. The highest BCUT2D eigenvalue weighted by molar-refractivity contribution is 4.69. The van der Waals surface area contributed by atoms with Crippen LogP contribution in [0.2, 0.25) is 0 Å². The average Bonchev–Trinajstić information content (AvgIpc) is 1.54. The Hall–Kier alpha value is -0.200. The zero-order valence-electron chi connectivity index (χ0n) is 7.02. The van der Waals surface area contributed by atoms with Crippen molar-refractivity contribution in [2.45, 2.75) is 39.1 Å². The fourth-order valence-electron chi connectivity index (χ4n) is 1.07. The van der Waals surface area contributed by atoms with E-state index in [9.17, 15) is 5.11 Å². The molecule has 0 saturated carbocycles. The van der Waals surface area contributed by atoms with Crippen LogP contribution in [0.5, 0.6) is 0 Å². The molecular weight excluding hydrogens is 148 g/mol. The van der Waals surface area contributed by atoms with Crippen molar-refractivity contribution in [3.63, 3.8) is 0 Å². The second kappa shape index (κ2) is 3.46. The van der Waals surface area contributed by atoms with Crippen LogP contribution in [0.1, 0.15) is 20.8 Å². The third-order valence-electron chi connectivity index (χ3n) is 1.33. The molecule has 0 amide bonds. The number of nitrogens with zero attached hydrogens (tertiary/aromatic N) is 1. The lowest BCUT2D eigenvalue weighted by molar-refractivity contribution is -0.215. The van der Waals surface area contributed by atoms with Gasteiger partial charge in [0.1, 0.15) is 12.5 Å².